The smallest absolute Gasteiger partial charge is 0.261 e. The standard InChI is InChI=1S/C21H19N3O3S/c1-2-14-3-5-15(6-4-14)21-23-19-13-17(9-12-20(19)27-21)24-28(25,26)18-10-7-16(22)8-11-18/h3-13,24H,2,22H2,1H3. The van der Waals surface area contributed by atoms with Gasteiger partial charge in [0.2, 0.25) is 5.89 Å². The molecule has 0 aliphatic rings. The lowest BCUT2D eigenvalue weighted by Gasteiger charge is -2.08. The van der Waals surface area contributed by atoms with Crippen molar-refractivity contribution in [2.24, 2.45) is 0 Å². The molecule has 3 aromatic carbocycles. The average molecular weight is 393 g/mol. The zero-order valence-corrected chi connectivity index (χ0v) is 16.0. The van der Waals surface area contributed by atoms with Gasteiger partial charge in [0.15, 0.2) is 5.58 Å². The van der Waals surface area contributed by atoms with Crippen molar-refractivity contribution in [3.8, 4) is 11.5 Å². The van der Waals surface area contributed by atoms with Crippen molar-refractivity contribution in [2.45, 2.75) is 18.2 Å². The van der Waals surface area contributed by atoms with Crippen molar-refractivity contribution in [3.05, 3.63) is 72.3 Å². The lowest BCUT2D eigenvalue weighted by atomic mass is 10.1. The number of benzene rings is 3. The molecule has 0 amide bonds. The van der Waals surface area contributed by atoms with Gasteiger partial charge in [-0.05, 0) is 66.6 Å². The number of nitrogens with zero attached hydrogens (tertiary/aromatic N) is 1. The van der Waals surface area contributed by atoms with E-state index in [9.17, 15) is 8.42 Å². The first-order valence-corrected chi connectivity index (χ1v) is 10.3. The molecule has 6 nitrogen and oxygen atoms in total. The van der Waals surface area contributed by atoms with Crippen molar-refractivity contribution in [2.75, 3.05) is 10.5 Å². The molecule has 1 heterocycles. The second-order valence-corrected chi connectivity index (χ2v) is 8.11. The maximum atomic E-state index is 12.5. The molecule has 142 valence electrons. The third kappa shape index (κ3) is 3.57. The highest BCUT2D eigenvalue weighted by Crippen LogP contribution is 2.27. The van der Waals surface area contributed by atoms with Gasteiger partial charge in [0.05, 0.1) is 10.6 Å². The van der Waals surface area contributed by atoms with Crippen LogP contribution in [-0.2, 0) is 16.4 Å². The Hall–Kier alpha value is -3.32. The highest BCUT2D eigenvalue weighted by atomic mass is 32.2. The first kappa shape index (κ1) is 18.1. The summed E-state index contributed by atoms with van der Waals surface area (Å²) in [5.74, 6) is 0.496. The molecule has 0 aliphatic heterocycles. The van der Waals surface area contributed by atoms with Crippen molar-refractivity contribution in [1.29, 1.82) is 0 Å². The Morgan fingerprint density at radius 3 is 2.39 bits per heavy atom. The summed E-state index contributed by atoms with van der Waals surface area (Å²) < 4.78 is 33.4. The van der Waals surface area contributed by atoms with Gasteiger partial charge in [-0.3, -0.25) is 4.72 Å². The summed E-state index contributed by atoms with van der Waals surface area (Å²) in [5.41, 5.74) is 9.80. The summed E-state index contributed by atoms with van der Waals surface area (Å²) in [6.45, 7) is 2.10. The van der Waals surface area contributed by atoms with Crippen LogP contribution in [0.15, 0.2) is 76.0 Å². The number of fused-ring (bicyclic) bond motifs is 1. The molecular formula is C21H19N3O3S. The quantitative estimate of drug-likeness (QED) is 0.489. The molecule has 0 saturated carbocycles. The maximum absolute atomic E-state index is 12.5. The molecule has 28 heavy (non-hydrogen) atoms. The van der Waals surface area contributed by atoms with E-state index < -0.39 is 10.0 Å². The third-order valence-electron chi connectivity index (χ3n) is 4.44. The summed E-state index contributed by atoms with van der Waals surface area (Å²) in [6.07, 6.45) is 0.964. The fourth-order valence-corrected chi connectivity index (χ4v) is 3.91. The van der Waals surface area contributed by atoms with Gasteiger partial charge in [-0.25, -0.2) is 13.4 Å². The van der Waals surface area contributed by atoms with Gasteiger partial charge in [-0.2, -0.15) is 0 Å². The van der Waals surface area contributed by atoms with Gasteiger partial charge in [0.1, 0.15) is 5.52 Å². The largest absolute Gasteiger partial charge is 0.436 e. The highest BCUT2D eigenvalue weighted by molar-refractivity contribution is 7.92. The number of sulfonamides is 1. The van der Waals surface area contributed by atoms with Crippen LogP contribution in [0.1, 0.15) is 12.5 Å². The molecule has 3 N–H and O–H groups in total. The van der Waals surface area contributed by atoms with Crippen LogP contribution < -0.4 is 10.5 Å². The van der Waals surface area contributed by atoms with Crippen LogP contribution >= 0.6 is 0 Å². The van der Waals surface area contributed by atoms with E-state index in [1.807, 2.05) is 24.3 Å². The number of nitrogens with one attached hydrogen (secondary N) is 1. The number of rotatable bonds is 5. The normalized spacial score (nSPS) is 11.6. The third-order valence-corrected chi connectivity index (χ3v) is 5.84. The van der Waals surface area contributed by atoms with Gasteiger partial charge in [0.25, 0.3) is 10.0 Å². The van der Waals surface area contributed by atoms with E-state index in [0.717, 1.165) is 12.0 Å². The zero-order valence-electron chi connectivity index (χ0n) is 15.2. The molecular weight excluding hydrogens is 374 g/mol. The number of oxazole rings is 1. The number of hydrogen-bond donors (Lipinski definition) is 2. The molecule has 0 bridgehead atoms. The van der Waals surface area contributed by atoms with Crippen LogP contribution in [0.3, 0.4) is 0 Å². The summed E-state index contributed by atoms with van der Waals surface area (Å²) in [5, 5.41) is 0. The second kappa shape index (κ2) is 7.01. The van der Waals surface area contributed by atoms with Crippen LogP contribution in [0.25, 0.3) is 22.6 Å². The van der Waals surface area contributed by atoms with E-state index in [0.29, 0.717) is 28.4 Å². The van der Waals surface area contributed by atoms with Gasteiger partial charge < -0.3 is 10.2 Å². The molecule has 0 saturated heterocycles. The highest BCUT2D eigenvalue weighted by Gasteiger charge is 2.15. The second-order valence-electron chi connectivity index (χ2n) is 6.43. The Labute approximate surface area is 163 Å². The molecule has 0 radical (unpaired) electrons. The minimum Gasteiger partial charge on any atom is -0.436 e. The molecule has 7 heteroatoms. The number of nitrogens with two attached hydrogens (primary N) is 1. The molecule has 1 aromatic heterocycles. The fourth-order valence-electron chi connectivity index (χ4n) is 2.86. The lowest BCUT2D eigenvalue weighted by Crippen LogP contribution is -2.12. The Morgan fingerprint density at radius 2 is 1.71 bits per heavy atom. The number of nitrogen functional groups attached to an aromatic ring is 1. The molecule has 0 spiro atoms. The summed E-state index contributed by atoms with van der Waals surface area (Å²) >= 11 is 0. The van der Waals surface area contributed by atoms with E-state index in [2.05, 4.69) is 16.6 Å². The fraction of sp³-hybridized carbons (Fsp3) is 0.0952. The number of hydrogen-bond acceptors (Lipinski definition) is 5. The van der Waals surface area contributed by atoms with Crippen LogP contribution in [-0.4, -0.2) is 13.4 Å². The van der Waals surface area contributed by atoms with Crippen molar-refractivity contribution in [1.82, 2.24) is 4.98 Å². The first-order valence-electron chi connectivity index (χ1n) is 8.83. The van der Waals surface area contributed by atoms with E-state index in [1.54, 1.807) is 30.3 Å². The van der Waals surface area contributed by atoms with Gasteiger partial charge in [-0.15, -0.1) is 0 Å². The predicted octanol–water partition coefficient (Wildman–Crippen LogP) is 4.44. The molecule has 0 fully saturated rings. The first-order chi connectivity index (χ1) is 13.4. The minimum atomic E-state index is -3.72. The minimum absolute atomic E-state index is 0.138. The lowest BCUT2D eigenvalue weighted by molar-refractivity contribution is 0.601. The van der Waals surface area contributed by atoms with Crippen LogP contribution in [0.4, 0.5) is 11.4 Å². The van der Waals surface area contributed by atoms with Crippen LogP contribution in [0.2, 0.25) is 0 Å². The maximum Gasteiger partial charge on any atom is 0.261 e. The van der Waals surface area contributed by atoms with Crippen LogP contribution in [0.5, 0.6) is 0 Å². The van der Waals surface area contributed by atoms with Gasteiger partial charge in [0, 0.05) is 11.3 Å². The number of aryl methyl sites for hydroxylation is 1. The zero-order chi connectivity index (χ0) is 19.7. The van der Waals surface area contributed by atoms with Crippen molar-refractivity contribution >= 4 is 32.5 Å². The summed E-state index contributed by atoms with van der Waals surface area (Å²) in [7, 11) is -3.72. The Bertz CT molecular complexity index is 1230. The predicted molar refractivity (Wildman–Crippen MR) is 110 cm³/mol. The van der Waals surface area contributed by atoms with E-state index >= 15 is 0 Å². The molecule has 0 atom stereocenters. The van der Waals surface area contributed by atoms with Crippen LogP contribution in [0, 0.1) is 0 Å². The van der Waals surface area contributed by atoms with E-state index in [4.69, 9.17) is 10.2 Å². The Kier molecular flexibility index (Phi) is 4.52. The molecule has 4 rings (SSSR count). The topological polar surface area (TPSA) is 98.2 Å². The SMILES string of the molecule is CCc1ccc(-c2nc3cc(NS(=O)(=O)c4ccc(N)cc4)ccc3o2)cc1. The van der Waals surface area contributed by atoms with E-state index in [-0.39, 0.29) is 4.90 Å². The van der Waals surface area contributed by atoms with E-state index in [1.165, 1.54) is 17.7 Å². The Balaban J connectivity index is 1.63. The summed E-state index contributed by atoms with van der Waals surface area (Å²) in [4.78, 5) is 4.63. The number of aromatic nitrogens is 1. The summed E-state index contributed by atoms with van der Waals surface area (Å²) in [6, 6.07) is 19.0. The van der Waals surface area contributed by atoms with Gasteiger partial charge in [-0.1, -0.05) is 19.1 Å². The van der Waals surface area contributed by atoms with Gasteiger partial charge >= 0.3 is 0 Å². The van der Waals surface area contributed by atoms with Crippen molar-refractivity contribution in [3.63, 3.8) is 0 Å². The molecule has 0 unspecified atom stereocenters. The Morgan fingerprint density at radius 1 is 1.00 bits per heavy atom. The average Bonchev–Trinajstić information content (AvgIpc) is 3.11. The molecule has 0 aliphatic carbocycles. The molecule has 4 aromatic rings. The monoisotopic (exact) mass is 393 g/mol. The number of anilines is 2. The van der Waals surface area contributed by atoms with Crippen molar-refractivity contribution < 1.29 is 12.8 Å².